The van der Waals surface area contributed by atoms with E-state index in [1.807, 2.05) is 0 Å². The van der Waals surface area contributed by atoms with Crippen molar-refractivity contribution in [2.45, 2.75) is 6.92 Å². The van der Waals surface area contributed by atoms with Gasteiger partial charge in [0.25, 0.3) is 0 Å². The first-order valence-electron chi connectivity index (χ1n) is 2.31. The largest absolute Gasteiger partial charge is 0.359 e. The fourth-order valence-electron chi connectivity index (χ4n) is 0.352. The zero-order valence-electron chi connectivity index (χ0n) is 3.98. The van der Waals surface area contributed by atoms with Gasteiger partial charge in [-0.25, -0.2) is 0 Å². The maximum Gasteiger partial charge on any atom is 0.0480 e. The molecule has 0 aliphatic carbocycles. The zero-order valence-corrected chi connectivity index (χ0v) is 4.87. The molecular weight excluding hydrogens is 95.0 g/mol. The first kappa shape index (κ1) is 4.55. The second kappa shape index (κ2) is 1.90. The maximum absolute atomic E-state index is 5.22. The van der Waals surface area contributed by atoms with Gasteiger partial charge in [-0.05, 0) is 19.2 Å². The van der Waals surface area contributed by atoms with Crippen LogP contribution >= 0.6 is 8.15 Å². The molecule has 0 aromatic rings. The van der Waals surface area contributed by atoms with Gasteiger partial charge in [0, 0.05) is 14.8 Å². The topological polar surface area (TPSA) is 9.23 Å². The molecule has 0 spiro atoms. The van der Waals surface area contributed by atoms with Gasteiger partial charge in [0.15, 0.2) is 0 Å². The lowest BCUT2D eigenvalue weighted by molar-refractivity contribution is 0.389. The van der Waals surface area contributed by atoms with Gasteiger partial charge in [-0.15, -0.1) is 0 Å². The fourth-order valence-corrected chi connectivity index (χ4v) is 1.30. The van der Waals surface area contributed by atoms with E-state index in [0.717, 1.165) is 6.61 Å². The molecule has 36 valence electrons. The van der Waals surface area contributed by atoms with Crippen LogP contribution in [0.4, 0.5) is 0 Å². The van der Waals surface area contributed by atoms with Gasteiger partial charge in [-0.2, -0.15) is 0 Å². The lowest BCUT2D eigenvalue weighted by Gasteiger charge is -1.89. The lowest BCUT2D eigenvalue weighted by Crippen LogP contribution is -1.69. The quantitative estimate of drug-likeness (QED) is 0.481. The number of hydrogen-bond donors (Lipinski definition) is 0. The monoisotopic (exact) mass is 104 g/mol. The Labute approximate surface area is 39.5 Å². The molecule has 0 saturated carbocycles. The summed E-state index contributed by atoms with van der Waals surface area (Å²) in [6, 6.07) is 0. The molecule has 1 aliphatic heterocycles. The van der Waals surface area contributed by atoms with Crippen molar-refractivity contribution in [2.75, 3.05) is 18.9 Å². The Kier molecular flexibility index (Phi) is 1.44. The molecule has 1 rings (SSSR count). The third kappa shape index (κ3) is 1.24. The molecule has 6 heavy (non-hydrogen) atoms. The summed E-state index contributed by atoms with van der Waals surface area (Å²) in [5.74, 6) is 0. The van der Waals surface area contributed by atoms with Crippen LogP contribution in [0, 0.1) is 0 Å². The minimum atomic E-state index is 0.149. The van der Waals surface area contributed by atoms with Gasteiger partial charge in [0.1, 0.15) is 0 Å². The second-order valence-corrected chi connectivity index (χ2v) is 3.46. The molecule has 2 heteroatoms. The molecule has 0 aromatic heterocycles. The summed E-state index contributed by atoms with van der Waals surface area (Å²) in [4.78, 5) is 0. The van der Waals surface area contributed by atoms with Crippen LogP contribution in [0.15, 0.2) is 0 Å². The van der Waals surface area contributed by atoms with Gasteiger partial charge >= 0.3 is 0 Å². The molecular formula is C4H9OP. The van der Waals surface area contributed by atoms with Crippen LogP contribution in [0.5, 0.6) is 0 Å². The Morgan fingerprint density at radius 3 is 2.50 bits per heavy atom. The highest BCUT2D eigenvalue weighted by Crippen LogP contribution is 2.50. The van der Waals surface area contributed by atoms with E-state index in [1.54, 1.807) is 0 Å². The molecule has 1 heterocycles. The van der Waals surface area contributed by atoms with Gasteiger partial charge in [0.2, 0.25) is 0 Å². The van der Waals surface area contributed by atoms with Crippen LogP contribution in [-0.4, -0.2) is 18.9 Å². The van der Waals surface area contributed by atoms with Crippen LogP contribution in [-0.2, 0) is 4.52 Å². The summed E-state index contributed by atoms with van der Waals surface area (Å²) in [6.45, 7) is 2.98. The maximum atomic E-state index is 5.22. The molecule has 0 aromatic carbocycles. The van der Waals surface area contributed by atoms with Crippen molar-refractivity contribution in [2.24, 2.45) is 0 Å². The van der Waals surface area contributed by atoms with E-state index in [2.05, 4.69) is 6.92 Å². The molecule has 0 N–H and O–H groups in total. The Bertz CT molecular complexity index is 42.8. The Balaban J connectivity index is 1.88. The highest BCUT2D eigenvalue weighted by atomic mass is 31.2. The normalized spacial score (nSPS) is 21.5. The second-order valence-electron chi connectivity index (χ2n) is 1.35. The van der Waals surface area contributed by atoms with Crippen LogP contribution in [0.1, 0.15) is 6.92 Å². The standard InChI is InChI=1S/C4H9OP/c1-2-5-6-3-4-6/h2-4H2,1H3. The highest BCUT2D eigenvalue weighted by molar-refractivity contribution is 7.60. The fraction of sp³-hybridized carbons (Fsp3) is 1.00. The Morgan fingerprint density at radius 2 is 2.33 bits per heavy atom. The van der Waals surface area contributed by atoms with Crippen LogP contribution in [0.3, 0.4) is 0 Å². The summed E-state index contributed by atoms with van der Waals surface area (Å²) in [5, 5.41) is 0. The van der Waals surface area contributed by atoms with Crippen molar-refractivity contribution in [3.8, 4) is 0 Å². The van der Waals surface area contributed by atoms with E-state index < -0.39 is 0 Å². The van der Waals surface area contributed by atoms with E-state index in [0.29, 0.717) is 0 Å². The Hall–Kier alpha value is 0.390. The molecule has 1 nitrogen and oxygen atoms in total. The van der Waals surface area contributed by atoms with Gasteiger partial charge in [-0.3, -0.25) is 0 Å². The van der Waals surface area contributed by atoms with Crippen LogP contribution in [0.2, 0.25) is 0 Å². The molecule has 1 fully saturated rings. The van der Waals surface area contributed by atoms with Crippen LogP contribution in [0.25, 0.3) is 0 Å². The van der Waals surface area contributed by atoms with E-state index in [9.17, 15) is 0 Å². The minimum absolute atomic E-state index is 0.149. The van der Waals surface area contributed by atoms with Crippen molar-refractivity contribution in [3.63, 3.8) is 0 Å². The first-order valence-corrected chi connectivity index (χ1v) is 3.94. The van der Waals surface area contributed by atoms with Crippen molar-refractivity contribution in [1.29, 1.82) is 0 Å². The SMILES string of the molecule is CCOP1CC1. The van der Waals surface area contributed by atoms with Crippen LogP contribution < -0.4 is 0 Å². The zero-order chi connectivity index (χ0) is 4.41. The van der Waals surface area contributed by atoms with E-state index in [1.165, 1.54) is 12.3 Å². The predicted octanol–water partition coefficient (Wildman–Crippen LogP) is 1.43. The third-order valence-electron chi connectivity index (χ3n) is 0.718. The third-order valence-corrected chi connectivity index (χ3v) is 2.15. The van der Waals surface area contributed by atoms with Gasteiger partial charge in [-0.1, -0.05) is 0 Å². The summed E-state index contributed by atoms with van der Waals surface area (Å²) in [6.07, 6.45) is 2.73. The van der Waals surface area contributed by atoms with Crippen molar-refractivity contribution in [1.82, 2.24) is 0 Å². The van der Waals surface area contributed by atoms with E-state index in [-0.39, 0.29) is 8.15 Å². The first-order chi connectivity index (χ1) is 2.93. The smallest absolute Gasteiger partial charge is 0.0480 e. The average Bonchev–Trinajstić information content (AvgIpc) is 2.21. The summed E-state index contributed by atoms with van der Waals surface area (Å²) >= 11 is 0. The van der Waals surface area contributed by atoms with Crippen molar-refractivity contribution < 1.29 is 4.52 Å². The lowest BCUT2D eigenvalue weighted by atomic mass is 10.9. The molecule has 0 atom stereocenters. The highest BCUT2D eigenvalue weighted by Gasteiger charge is 2.20. The molecule has 1 saturated heterocycles. The Morgan fingerprint density at radius 1 is 1.67 bits per heavy atom. The van der Waals surface area contributed by atoms with E-state index >= 15 is 0 Å². The summed E-state index contributed by atoms with van der Waals surface area (Å²) in [7, 11) is 0.149. The molecule has 0 amide bonds. The molecule has 0 unspecified atom stereocenters. The molecule has 1 aliphatic rings. The average molecular weight is 104 g/mol. The number of rotatable bonds is 2. The number of hydrogen-bond acceptors (Lipinski definition) is 1. The van der Waals surface area contributed by atoms with Gasteiger partial charge < -0.3 is 4.52 Å². The van der Waals surface area contributed by atoms with Crippen molar-refractivity contribution >= 4 is 8.15 Å². The van der Waals surface area contributed by atoms with Crippen molar-refractivity contribution in [3.05, 3.63) is 0 Å². The van der Waals surface area contributed by atoms with E-state index in [4.69, 9.17) is 4.52 Å². The molecule has 0 radical (unpaired) electrons. The molecule has 0 bridgehead atoms. The minimum Gasteiger partial charge on any atom is -0.359 e. The van der Waals surface area contributed by atoms with Gasteiger partial charge in [0.05, 0.1) is 0 Å². The summed E-state index contributed by atoms with van der Waals surface area (Å²) < 4.78 is 5.22. The summed E-state index contributed by atoms with van der Waals surface area (Å²) in [5.41, 5.74) is 0. The predicted molar refractivity (Wildman–Crippen MR) is 28.3 cm³/mol.